The molecule has 0 bridgehead atoms. The van der Waals surface area contributed by atoms with Crippen LogP contribution >= 0.6 is 11.3 Å². The molecule has 3 fully saturated rings. The number of piperazine rings is 1. The Morgan fingerprint density at radius 1 is 1.00 bits per heavy atom. The zero-order valence-corrected chi connectivity index (χ0v) is 17.5. The van der Waals surface area contributed by atoms with Gasteiger partial charge >= 0.3 is 0 Å². The average Bonchev–Trinajstić information content (AvgIpc) is 3.18. The van der Waals surface area contributed by atoms with Crippen LogP contribution in [0.15, 0.2) is 5.38 Å². The maximum atomic E-state index is 12.8. The van der Waals surface area contributed by atoms with Crippen LogP contribution in [0.2, 0.25) is 0 Å². The Hall–Kier alpha value is -0.580. The predicted octanol–water partition coefficient (Wildman–Crippen LogP) is 1.89. The molecule has 2 aliphatic heterocycles. The molecule has 0 spiro atoms. The van der Waals surface area contributed by atoms with Gasteiger partial charge in [0, 0.05) is 57.1 Å². The molecule has 0 atom stereocenters. The van der Waals surface area contributed by atoms with Gasteiger partial charge in [-0.05, 0) is 12.8 Å². The molecule has 0 aromatic carbocycles. The monoisotopic (exact) mass is 414 g/mol. The van der Waals surface area contributed by atoms with Crippen LogP contribution in [0.5, 0.6) is 0 Å². The smallest absolute Gasteiger partial charge is 0.282 e. The number of ether oxygens (including phenoxy) is 1. The van der Waals surface area contributed by atoms with E-state index in [1.807, 2.05) is 0 Å². The molecule has 4 rings (SSSR count). The molecule has 0 radical (unpaired) electrons. The molecular weight excluding hydrogens is 384 g/mol. The van der Waals surface area contributed by atoms with E-state index < -0.39 is 10.2 Å². The molecular formula is C18H30N4O3S2. The minimum absolute atomic E-state index is 0.464. The lowest BCUT2D eigenvalue weighted by molar-refractivity contribution is 0.0683. The summed E-state index contributed by atoms with van der Waals surface area (Å²) in [5.74, 6) is 0.660. The fourth-order valence-electron chi connectivity index (χ4n) is 4.22. The summed E-state index contributed by atoms with van der Waals surface area (Å²) in [5, 5.41) is 3.50. The first-order valence-electron chi connectivity index (χ1n) is 10.1. The average molecular weight is 415 g/mol. The Morgan fingerprint density at radius 2 is 1.67 bits per heavy atom. The second kappa shape index (κ2) is 8.84. The minimum atomic E-state index is -3.35. The molecule has 0 unspecified atom stereocenters. The molecule has 3 heterocycles. The van der Waals surface area contributed by atoms with Gasteiger partial charge in [-0.15, -0.1) is 11.3 Å². The highest BCUT2D eigenvalue weighted by Crippen LogP contribution is 2.34. The van der Waals surface area contributed by atoms with Crippen molar-refractivity contribution >= 4 is 21.5 Å². The van der Waals surface area contributed by atoms with Crippen LogP contribution in [-0.4, -0.2) is 79.4 Å². The minimum Gasteiger partial charge on any atom is -0.379 e. The fourth-order valence-corrected chi connectivity index (χ4v) is 6.76. The topological polar surface area (TPSA) is 66.0 Å². The van der Waals surface area contributed by atoms with Gasteiger partial charge in [0.25, 0.3) is 10.2 Å². The Morgan fingerprint density at radius 3 is 2.37 bits per heavy atom. The van der Waals surface area contributed by atoms with Gasteiger partial charge in [0.15, 0.2) is 0 Å². The molecule has 1 saturated carbocycles. The third kappa shape index (κ3) is 4.71. The molecule has 2 saturated heterocycles. The number of aromatic nitrogens is 1. The largest absolute Gasteiger partial charge is 0.379 e. The van der Waals surface area contributed by atoms with E-state index in [1.54, 1.807) is 19.9 Å². The number of rotatable bonds is 5. The molecule has 1 aliphatic carbocycles. The van der Waals surface area contributed by atoms with Gasteiger partial charge in [0.1, 0.15) is 0 Å². The van der Waals surface area contributed by atoms with E-state index in [2.05, 4.69) is 10.3 Å². The van der Waals surface area contributed by atoms with Crippen LogP contribution in [0.4, 0.5) is 0 Å². The molecule has 1 aromatic heterocycles. The molecule has 27 heavy (non-hydrogen) atoms. The molecule has 7 nitrogen and oxygen atoms in total. The highest BCUT2D eigenvalue weighted by Gasteiger charge is 2.33. The lowest BCUT2D eigenvalue weighted by Crippen LogP contribution is -2.54. The lowest BCUT2D eigenvalue weighted by Gasteiger charge is -2.37. The first-order valence-corrected chi connectivity index (χ1v) is 12.4. The quantitative estimate of drug-likeness (QED) is 0.736. The van der Waals surface area contributed by atoms with Crippen molar-refractivity contribution < 1.29 is 13.2 Å². The fraction of sp³-hybridized carbons (Fsp3) is 0.833. The number of hydrogen-bond donors (Lipinski definition) is 0. The van der Waals surface area contributed by atoms with Gasteiger partial charge in [-0.1, -0.05) is 19.3 Å². The van der Waals surface area contributed by atoms with Crippen LogP contribution in [0.3, 0.4) is 0 Å². The summed E-state index contributed by atoms with van der Waals surface area (Å²) in [4.78, 5) is 7.22. The van der Waals surface area contributed by atoms with Gasteiger partial charge in [-0.3, -0.25) is 4.90 Å². The van der Waals surface area contributed by atoms with Crippen LogP contribution in [-0.2, 0) is 21.5 Å². The second-order valence-corrected chi connectivity index (χ2v) is 10.5. The summed E-state index contributed by atoms with van der Waals surface area (Å²) >= 11 is 1.81. The second-order valence-electron chi connectivity index (χ2n) is 7.71. The van der Waals surface area contributed by atoms with Crippen LogP contribution in [0, 0.1) is 0 Å². The maximum absolute atomic E-state index is 12.8. The molecule has 3 aliphatic rings. The number of thiazole rings is 1. The summed E-state index contributed by atoms with van der Waals surface area (Å²) in [5.41, 5.74) is 1.14. The van der Waals surface area contributed by atoms with E-state index in [4.69, 9.17) is 9.72 Å². The van der Waals surface area contributed by atoms with E-state index in [-0.39, 0.29) is 0 Å². The molecule has 1 aromatic rings. The first kappa shape index (κ1) is 19.7. The summed E-state index contributed by atoms with van der Waals surface area (Å²) in [6, 6.07) is 0. The van der Waals surface area contributed by atoms with Crippen LogP contribution in [0.25, 0.3) is 0 Å². The van der Waals surface area contributed by atoms with Gasteiger partial charge in [-0.25, -0.2) is 4.98 Å². The number of nitrogens with zero attached hydrogens (tertiary/aromatic N) is 4. The van der Waals surface area contributed by atoms with E-state index in [0.717, 1.165) is 25.3 Å². The highest BCUT2D eigenvalue weighted by atomic mass is 32.2. The van der Waals surface area contributed by atoms with E-state index >= 15 is 0 Å². The van der Waals surface area contributed by atoms with Crippen molar-refractivity contribution in [2.75, 3.05) is 52.5 Å². The van der Waals surface area contributed by atoms with E-state index in [9.17, 15) is 8.42 Å². The van der Waals surface area contributed by atoms with Crippen LogP contribution in [0.1, 0.15) is 48.7 Å². The van der Waals surface area contributed by atoms with Crippen molar-refractivity contribution in [2.24, 2.45) is 0 Å². The van der Waals surface area contributed by atoms with Crippen molar-refractivity contribution in [1.82, 2.24) is 18.5 Å². The Kier molecular flexibility index (Phi) is 6.45. The third-order valence-corrected chi connectivity index (χ3v) is 8.95. The highest BCUT2D eigenvalue weighted by molar-refractivity contribution is 7.86. The zero-order chi connectivity index (χ0) is 18.7. The molecule has 0 amide bonds. The van der Waals surface area contributed by atoms with Crippen LogP contribution < -0.4 is 0 Å². The Balaban J connectivity index is 1.29. The molecule has 152 valence electrons. The summed E-state index contributed by atoms with van der Waals surface area (Å²) in [6.07, 6.45) is 6.60. The summed E-state index contributed by atoms with van der Waals surface area (Å²) < 4.78 is 34.0. The SMILES string of the molecule is O=S(=O)(N1CCOCC1)N1CCN(Cc2csc(C3CCCCC3)n2)CC1. The van der Waals surface area contributed by atoms with Gasteiger partial charge in [0.2, 0.25) is 0 Å². The van der Waals surface area contributed by atoms with Crippen molar-refractivity contribution in [3.63, 3.8) is 0 Å². The summed E-state index contributed by atoms with van der Waals surface area (Å²) in [7, 11) is -3.35. The lowest BCUT2D eigenvalue weighted by atomic mass is 9.90. The van der Waals surface area contributed by atoms with Gasteiger partial charge in [0.05, 0.1) is 23.9 Å². The zero-order valence-electron chi connectivity index (χ0n) is 15.9. The molecule has 9 heteroatoms. The number of morpholine rings is 1. The van der Waals surface area contributed by atoms with Crippen molar-refractivity contribution in [3.05, 3.63) is 16.1 Å². The van der Waals surface area contributed by atoms with Gasteiger partial charge in [-0.2, -0.15) is 17.0 Å². The summed E-state index contributed by atoms with van der Waals surface area (Å²) in [6.45, 7) is 5.38. The number of hydrogen-bond acceptors (Lipinski definition) is 6. The van der Waals surface area contributed by atoms with Crippen molar-refractivity contribution in [1.29, 1.82) is 0 Å². The normalized spacial score (nSPS) is 25.0. The van der Waals surface area contributed by atoms with E-state index in [0.29, 0.717) is 45.3 Å². The van der Waals surface area contributed by atoms with E-state index in [1.165, 1.54) is 37.1 Å². The standard InChI is InChI=1S/C18H30N4O3S2/c23-27(24,22-10-12-25-13-11-22)21-8-6-20(7-9-21)14-17-15-26-18(19-17)16-4-2-1-3-5-16/h15-16H,1-14H2. The third-order valence-electron chi connectivity index (χ3n) is 5.86. The Bertz CT molecular complexity index is 704. The molecule has 0 N–H and O–H groups in total. The predicted molar refractivity (Wildman–Crippen MR) is 106 cm³/mol. The van der Waals surface area contributed by atoms with Gasteiger partial charge < -0.3 is 4.74 Å². The van der Waals surface area contributed by atoms with Crippen molar-refractivity contribution in [3.8, 4) is 0 Å². The maximum Gasteiger partial charge on any atom is 0.282 e. The Labute approximate surface area is 166 Å². The van der Waals surface area contributed by atoms with Crippen molar-refractivity contribution in [2.45, 2.75) is 44.6 Å². The first-order chi connectivity index (χ1) is 13.1.